The molecule has 2 N–H and O–H groups in total. The Balaban J connectivity index is 2.82. The summed E-state index contributed by atoms with van der Waals surface area (Å²) in [7, 11) is -2.88. The maximum atomic E-state index is 12.1. The standard InChI is InChI=1S/C10H18N4O4S2/c1-11-9-4-5-12-8-10(9)20(17,18)13-6-7-19(15,16)14(2)3/h4-5,8,13H,6-7H2,1-3H3,(H,11,12). The number of nitrogens with zero attached hydrogens (tertiary/aromatic N) is 2. The van der Waals surface area contributed by atoms with Gasteiger partial charge >= 0.3 is 0 Å². The van der Waals surface area contributed by atoms with Crippen LogP contribution in [0.3, 0.4) is 0 Å². The molecule has 0 saturated carbocycles. The third-order valence-electron chi connectivity index (χ3n) is 2.55. The highest BCUT2D eigenvalue weighted by atomic mass is 32.2. The maximum absolute atomic E-state index is 12.1. The van der Waals surface area contributed by atoms with Crippen LogP contribution in [0.1, 0.15) is 0 Å². The minimum absolute atomic E-state index is 0.0234. The van der Waals surface area contributed by atoms with E-state index >= 15 is 0 Å². The molecule has 10 heteroatoms. The van der Waals surface area contributed by atoms with Crippen molar-refractivity contribution in [1.82, 2.24) is 14.0 Å². The van der Waals surface area contributed by atoms with Gasteiger partial charge in [-0.3, -0.25) is 4.98 Å². The lowest BCUT2D eigenvalue weighted by Gasteiger charge is -2.13. The molecular formula is C10H18N4O4S2. The van der Waals surface area contributed by atoms with Gasteiger partial charge in [-0.25, -0.2) is 25.9 Å². The van der Waals surface area contributed by atoms with Crippen molar-refractivity contribution in [3.8, 4) is 0 Å². The number of anilines is 1. The third kappa shape index (κ3) is 4.13. The van der Waals surface area contributed by atoms with Crippen LogP contribution in [0.15, 0.2) is 23.4 Å². The summed E-state index contributed by atoms with van der Waals surface area (Å²) in [4.78, 5) is 3.74. The molecule has 114 valence electrons. The van der Waals surface area contributed by atoms with E-state index in [0.717, 1.165) is 4.31 Å². The second-order valence-corrected chi connectivity index (χ2v) is 8.16. The summed E-state index contributed by atoms with van der Waals surface area (Å²) < 4.78 is 50.5. The van der Waals surface area contributed by atoms with Gasteiger partial charge in [-0.15, -0.1) is 0 Å². The molecule has 0 spiro atoms. The van der Waals surface area contributed by atoms with Crippen LogP contribution in [0.25, 0.3) is 0 Å². The summed E-state index contributed by atoms with van der Waals surface area (Å²) in [6.07, 6.45) is 2.66. The van der Waals surface area contributed by atoms with Crippen LogP contribution < -0.4 is 10.0 Å². The zero-order valence-electron chi connectivity index (χ0n) is 11.5. The quantitative estimate of drug-likeness (QED) is 0.687. The first kappa shape index (κ1) is 16.8. The van der Waals surface area contributed by atoms with Crippen LogP contribution in [0.5, 0.6) is 0 Å². The molecule has 0 fully saturated rings. The Bertz CT molecular complexity index is 656. The smallest absolute Gasteiger partial charge is 0.244 e. The molecule has 0 radical (unpaired) electrons. The topological polar surface area (TPSA) is 108 Å². The fourth-order valence-electron chi connectivity index (χ4n) is 1.37. The zero-order chi connectivity index (χ0) is 15.4. The minimum atomic E-state index is -3.81. The van der Waals surface area contributed by atoms with Crippen LogP contribution in [-0.2, 0) is 20.0 Å². The average Bonchev–Trinajstić information content (AvgIpc) is 2.38. The molecule has 0 aliphatic rings. The Hall–Kier alpha value is -1.23. The Labute approximate surface area is 119 Å². The first-order valence-corrected chi connectivity index (χ1v) is 8.81. The van der Waals surface area contributed by atoms with E-state index < -0.39 is 20.0 Å². The molecule has 0 saturated heterocycles. The fraction of sp³-hybridized carbons (Fsp3) is 0.500. The molecule has 1 aromatic rings. The van der Waals surface area contributed by atoms with Crippen LogP contribution in [-0.4, -0.2) is 59.6 Å². The minimum Gasteiger partial charge on any atom is -0.387 e. The van der Waals surface area contributed by atoms with E-state index in [1.807, 2.05) is 0 Å². The van der Waals surface area contributed by atoms with Gasteiger partial charge in [-0.1, -0.05) is 0 Å². The lowest BCUT2D eigenvalue weighted by atomic mass is 10.4. The van der Waals surface area contributed by atoms with Gasteiger partial charge in [0.1, 0.15) is 4.90 Å². The van der Waals surface area contributed by atoms with E-state index in [1.54, 1.807) is 7.05 Å². The highest BCUT2D eigenvalue weighted by molar-refractivity contribution is 7.90. The molecule has 0 bridgehead atoms. The molecular weight excluding hydrogens is 304 g/mol. The summed E-state index contributed by atoms with van der Waals surface area (Å²) in [5.74, 6) is -0.311. The molecule has 1 aromatic heterocycles. The zero-order valence-corrected chi connectivity index (χ0v) is 13.1. The Morgan fingerprint density at radius 2 is 1.90 bits per heavy atom. The number of aromatic nitrogens is 1. The molecule has 1 heterocycles. The largest absolute Gasteiger partial charge is 0.387 e. The molecule has 0 aromatic carbocycles. The Morgan fingerprint density at radius 3 is 2.45 bits per heavy atom. The van der Waals surface area contributed by atoms with Gasteiger partial charge < -0.3 is 5.32 Å². The van der Waals surface area contributed by atoms with Crippen LogP contribution >= 0.6 is 0 Å². The van der Waals surface area contributed by atoms with Gasteiger partial charge in [0, 0.05) is 40.1 Å². The highest BCUT2D eigenvalue weighted by Gasteiger charge is 2.20. The summed E-state index contributed by atoms with van der Waals surface area (Å²) in [5, 5.41) is 2.74. The fourth-order valence-corrected chi connectivity index (χ4v) is 3.41. The Morgan fingerprint density at radius 1 is 1.25 bits per heavy atom. The first-order chi connectivity index (χ1) is 9.20. The lowest BCUT2D eigenvalue weighted by molar-refractivity contribution is 0.519. The van der Waals surface area contributed by atoms with Gasteiger partial charge in [0.15, 0.2) is 0 Å². The number of pyridine rings is 1. The van der Waals surface area contributed by atoms with Crippen molar-refractivity contribution >= 4 is 25.7 Å². The predicted octanol–water partition coefficient (Wildman–Crippen LogP) is -0.707. The average molecular weight is 322 g/mol. The maximum Gasteiger partial charge on any atom is 0.244 e. The third-order valence-corrected chi connectivity index (χ3v) is 5.87. The molecule has 0 aliphatic heterocycles. The van der Waals surface area contributed by atoms with Gasteiger partial charge in [0.05, 0.1) is 11.4 Å². The molecule has 1 rings (SSSR count). The summed E-state index contributed by atoms with van der Waals surface area (Å²) >= 11 is 0. The van der Waals surface area contributed by atoms with Gasteiger partial charge in [-0.2, -0.15) is 0 Å². The van der Waals surface area contributed by atoms with Crippen molar-refractivity contribution in [2.24, 2.45) is 0 Å². The van der Waals surface area contributed by atoms with Gasteiger partial charge in [-0.05, 0) is 6.07 Å². The molecule has 0 aliphatic carbocycles. The molecule has 0 amide bonds. The van der Waals surface area contributed by atoms with Gasteiger partial charge in [0.25, 0.3) is 0 Å². The highest BCUT2D eigenvalue weighted by Crippen LogP contribution is 2.18. The summed E-state index contributed by atoms with van der Waals surface area (Å²) in [6.45, 7) is -0.207. The van der Waals surface area contributed by atoms with Crippen molar-refractivity contribution in [1.29, 1.82) is 0 Å². The van der Waals surface area contributed by atoms with E-state index in [4.69, 9.17) is 0 Å². The number of nitrogens with one attached hydrogen (secondary N) is 2. The molecule has 0 unspecified atom stereocenters. The number of hydrogen-bond acceptors (Lipinski definition) is 6. The second-order valence-electron chi connectivity index (χ2n) is 4.12. The Kier molecular flexibility index (Phi) is 5.45. The molecule has 0 atom stereocenters. The van der Waals surface area contributed by atoms with Crippen LogP contribution in [0.2, 0.25) is 0 Å². The summed E-state index contributed by atoms with van der Waals surface area (Å²) in [6, 6.07) is 1.52. The van der Waals surface area contributed by atoms with E-state index in [9.17, 15) is 16.8 Å². The monoisotopic (exact) mass is 322 g/mol. The number of rotatable bonds is 7. The van der Waals surface area contributed by atoms with E-state index in [-0.39, 0.29) is 17.2 Å². The predicted molar refractivity (Wildman–Crippen MR) is 76.4 cm³/mol. The molecule has 20 heavy (non-hydrogen) atoms. The van der Waals surface area contributed by atoms with Crippen LogP contribution in [0.4, 0.5) is 5.69 Å². The van der Waals surface area contributed by atoms with Crippen molar-refractivity contribution in [3.63, 3.8) is 0 Å². The number of hydrogen-bond donors (Lipinski definition) is 2. The van der Waals surface area contributed by atoms with Crippen molar-refractivity contribution in [3.05, 3.63) is 18.5 Å². The van der Waals surface area contributed by atoms with E-state index in [0.29, 0.717) is 5.69 Å². The number of sulfonamides is 2. The normalized spacial score (nSPS) is 12.6. The first-order valence-electron chi connectivity index (χ1n) is 5.72. The second kappa shape index (κ2) is 6.48. The van der Waals surface area contributed by atoms with E-state index in [2.05, 4.69) is 15.0 Å². The lowest BCUT2D eigenvalue weighted by Crippen LogP contribution is -2.34. The van der Waals surface area contributed by atoms with E-state index in [1.165, 1.54) is 32.6 Å². The van der Waals surface area contributed by atoms with Crippen molar-refractivity contribution in [2.75, 3.05) is 38.8 Å². The van der Waals surface area contributed by atoms with Crippen molar-refractivity contribution in [2.45, 2.75) is 4.90 Å². The van der Waals surface area contributed by atoms with Crippen LogP contribution in [0, 0.1) is 0 Å². The van der Waals surface area contributed by atoms with Gasteiger partial charge in [0.2, 0.25) is 20.0 Å². The molecule has 8 nitrogen and oxygen atoms in total. The SMILES string of the molecule is CNc1ccncc1S(=O)(=O)NCCS(=O)(=O)N(C)C. The summed E-state index contributed by atoms with van der Waals surface area (Å²) in [5.41, 5.74) is 0.392. The van der Waals surface area contributed by atoms with Crippen molar-refractivity contribution < 1.29 is 16.8 Å².